The Bertz CT molecular complexity index is 1130. The molecule has 186 valence electrons. The van der Waals surface area contributed by atoms with Gasteiger partial charge in [0, 0.05) is 31.4 Å². The molecule has 1 saturated heterocycles. The van der Waals surface area contributed by atoms with Crippen LogP contribution in [0.1, 0.15) is 51.7 Å². The van der Waals surface area contributed by atoms with E-state index in [0.717, 1.165) is 12.1 Å². The zero-order valence-electron chi connectivity index (χ0n) is 19.6. The van der Waals surface area contributed by atoms with Gasteiger partial charge in [-0.2, -0.15) is 13.2 Å². The van der Waals surface area contributed by atoms with Gasteiger partial charge in [-0.3, -0.25) is 9.69 Å². The number of hydrogen-bond donors (Lipinski definition) is 0. The number of alkyl halides is 3. The molecule has 1 amide bonds. The van der Waals surface area contributed by atoms with Crippen molar-refractivity contribution in [1.29, 1.82) is 0 Å². The van der Waals surface area contributed by atoms with Gasteiger partial charge in [-0.25, -0.2) is 13.4 Å². The summed E-state index contributed by atoms with van der Waals surface area (Å²) in [5, 5.41) is 0. The molecule has 2 heterocycles. The quantitative estimate of drug-likeness (QED) is 0.581. The van der Waals surface area contributed by atoms with Gasteiger partial charge in [0.05, 0.1) is 10.5 Å². The number of rotatable bonds is 5. The summed E-state index contributed by atoms with van der Waals surface area (Å²) >= 11 is 0. The number of nitrogens with zero attached hydrogens (tertiary/aromatic N) is 2. The van der Waals surface area contributed by atoms with E-state index in [1.54, 1.807) is 32.9 Å². The van der Waals surface area contributed by atoms with Gasteiger partial charge in [0.2, 0.25) is 5.91 Å². The number of aromatic nitrogens is 1. The smallest absolute Gasteiger partial charge is 0.381 e. The van der Waals surface area contributed by atoms with Crippen LogP contribution in [0.4, 0.5) is 19.0 Å². The van der Waals surface area contributed by atoms with Crippen LogP contribution in [0.2, 0.25) is 0 Å². The SMILES string of the molecule is CCN(C(=O)C(C)(C)C)c1ccc(C2(S(=O)(=O)c3cccc(C(F)(F)F)c3)CCOCC2)cn1. The van der Waals surface area contributed by atoms with E-state index in [0.29, 0.717) is 24.0 Å². The van der Waals surface area contributed by atoms with Gasteiger partial charge < -0.3 is 4.74 Å². The summed E-state index contributed by atoms with van der Waals surface area (Å²) in [5.74, 6) is 0.248. The minimum Gasteiger partial charge on any atom is -0.381 e. The van der Waals surface area contributed by atoms with Gasteiger partial charge in [-0.1, -0.05) is 32.9 Å². The van der Waals surface area contributed by atoms with Gasteiger partial charge in [-0.15, -0.1) is 0 Å². The Balaban J connectivity index is 2.08. The first-order valence-corrected chi connectivity index (χ1v) is 12.5. The number of amides is 1. The van der Waals surface area contributed by atoms with Gasteiger partial charge in [-0.05, 0) is 49.6 Å². The fraction of sp³-hybridized carbons (Fsp3) is 0.500. The molecule has 0 saturated carbocycles. The highest BCUT2D eigenvalue weighted by atomic mass is 32.2. The number of carbonyl (C=O) groups is 1. The maximum atomic E-state index is 13.8. The Hall–Kier alpha value is -2.46. The Morgan fingerprint density at radius 1 is 1.12 bits per heavy atom. The molecule has 34 heavy (non-hydrogen) atoms. The summed E-state index contributed by atoms with van der Waals surface area (Å²) in [4.78, 5) is 18.3. The second-order valence-corrected chi connectivity index (χ2v) is 11.6. The van der Waals surface area contributed by atoms with Gasteiger partial charge in [0.25, 0.3) is 0 Å². The van der Waals surface area contributed by atoms with E-state index in [9.17, 15) is 26.4 Å². The van der Waals surface area contributed by atoms with E-state index in [1.165, 1.54) is 17.2 Å². The molecule has 0 unspecified atom stereocenters. The first-order valence-electron chi connectivity index (χ1n) is 11.0. The van der Waals surface area contributed by atoms with Crippen molar-refractivity contribution in [2.24, 2.45) is 5.41 Å². The van der Waals surface area contributed by atoms with E-state index >= 15 is 0 Å². The van der Waals surface area contributed by atoms with Crippen molar-refractivity contribution in [2.75, 3.05) is 24.7 Å². The van der Waals surface area contributed by atoms with Gasteiger partial charge in [0.15, 0.2) is 9.84 Å². The number of anilines is 1. The molecule has 0 radical (unpaired) electrons. The average molecular weight is 499 g/mol. The van der Waals surface area contributed by atoms with Crippen molar-refractivity contribution in [2.45, 2.75) is 56.4 Å². The topological polar surface area (TPSA) is 76.6 Å². The highest BCUT2D eigenvalue weighted by Gasteiger charge is 2.48. The number of ether oxygens (including phenoxy) is 1. The number of halogens is 3. The van der Waals surface area contributed by atoms with E-state index in [4.69, 9.17) is 4.74 Å². The lowest BCUT2D eigenvalue weighted by Gasteiger charge is -2.37. The maximum Gasteiger partial charge on any atom is 0.416 e. The standard InChI is InChI=1S/C24H29F3N2O4S/c1-5-29(21(30)22(2,3)4)20-10-9-18(16-28-20)23(11-13-33-14-12-23)34(31,32)19-8-6-7-17(15-19)24(25,26)27/h6-10,15-16H,5,11-14H2,1-4H3. The van der Waals surface area contributed by atoms with Crippen LogP contribution in [0.15, 0.2) is 47.5 Å². The molecular formula is C24H29F3N2O4S. The molecule has 0 aliphatic carbocycles. The number of carbonyl (C=O) groups excluding carboxylic acids is 1. The maximum absolute atomic E-state index is 13.8. The van der Waals surface area contributed by atoms with Crippen LogP contribution >= 0.6 is 0 Å². The molecule has 0 spiro atoms. The monoisotopic (exact) mass is 498 g/mol. The summed E-state index contributed by atoms with van der Waals surface area (Å²) in [6, 6.07) is 6.98. The van der Waals surface area contributed by atoms with E-state index < -0.39 is 36.6 Å². The second-order valence-electron chi connectivity index (χ2n) is 9.34. The fourth-order valence-electron chi connectivity index (χ4n) is 4.11. The highest BCUT2D eigenvalue weighted by Crippen LogP contribution is 2.44. The lowest BCUT2D eigenvalue weighted by molar-refractivity contribution is -0.137. The minimum atomic E-state index is -4.67. The number of benzene rings is 1. The van der Waals surface area contributed by atoms with Crippen LogP contribution in [0, 0.1) is 5.41 Å². The molecule has 1 aliphatic rings. The molecule has 10 heteroatoms. The first kappa shape index (κ1) is 26.2. The van der Waals surface area contributed by atoms with Crippen LogP contribution in [0.3, 0.4) is 0 Å². The molecule has 0 atom stereocenters. The molecular weight excluding hydrogens is 469 g/mol. The predicted octanol–water partition coefficient (Wildman–Crippen LogP) is 4.98. The lowest BCUT2D eigenvalue weighted by atomic mass is 9.91. The summed E-state index contributed by atoms with van der Waals surface area (Å²) in [5.41, 5.74) is -1.30. The molecule has 6 nitrogen and oxygen atoms in total. The summed E-state index contributed by atoms with van der Waals surface area (Å²) in [7, 11) is -4.24. The van der Waals surface area contributed by atoms with Crippen LogP contribution in [0.25, 0.3) is 0 Å². The third-order valence-corrected chi connectivity index (χ3v) is 8.59. The Kier molecular flexibility index (Phi) is 7.15. The van der Waals surface area contributed by atoms with Crippen molar-refractivity contribution in [3.8, 4) is 0 Å². The largest absolute Gasteiger partial charge is 0.416 e. The van der Waals surface area contributed by atoms with Crippen LogP contribution < -0.4 is 4.90 Å². The van der Waals surface area contributed by atoms with Crippen molar-refractivity contribution >= 4 is 21.6 Å². The Labute approximate surface area is 198 Å². The lowest BCUT2D eigenvalue weighted by Crippen LogP contribution is -2.42. The van der Waals surface area contributed by atoms with E-state index in [1.807, 2.05) is 6.92 Å². The van der Waals surface area contributed by atoms with Crippen LogP contribution in [-0.2, 0) is 30.3 Å². The van der Waals surface area contributed by atoms with E-state index in [-0.39, 0.29) is 32.0 Å². The summed E-state index contributed by atoms with van der Waals surface area (Å²) < 4.78 is 71.3. The van der Waals surface area contributed by atoms with Gasteiger partial charge in [0.1, 0.15) is 10.6 Å². The predicted molar refractivity (Wildman–Crippen MR) is 122 cm³/mol. The highest BCUT2D eigenvalue weighted by molar-refractivity contribution is 7.92. The zero-order valence-corrected chi connectivity index (χ0v) is 20.5. The summed E-state index contributed by atoms with van der Waals surface area (Å²) in [6.07, 6.45) is -3.11. The first-order chi connectivity index (χ1) is 15.7. The average Bonchev–Trinajstić information content (AvgIpc) is 2.79. The zero-order chi connectivity index (χ0) is 25.4. The van der Waals surface area contributed by atoms with E-state index in [2.05, 4.69) is 4.98 Å². The fourth-order valence-corrected chi connectivity index (χ4v) is 6.23. The summed E-state index contributed by atoms with van der Waals surface area (Å²) in [6.45, 7) is 7.87. The Morgan fingerprint density at radius 2 is 1.76 bits per heavy atom. The van der Waals surface area contributed by atoms with Crippen molar-refractivity contribution in [1.82, 2.24) is 4.98 Å². The minimum absolute atomic E-state index is 0.0744. The molecule has 0 N–H and O–H groups in total. The molecule has 1 aromatic heterocycles. The molecule has 1 aromatic carbocycles. The van der Waals surface area contributed by atoms with Crippen LogP contribution in [0.5, 0.6) is 0 Å². The van der Waals surface area contributed by atoms with Crippen molar-refractivity contribution in [3.63, 3.8) is 0 Å². The molecule has 0 bridgehead atoms. The second kappa shape index (κ2) is 9.30. The molecule has 3 rings (SSSR count). The number of pyridine rings is 1. The van der Waals surface area contributed by atoms with Crippen LogP contribution in [-0.4, -0.2) is 39.1 Å². The normalized spacial score (nSPS) is 16.8. The number of hydrogen-bond acceptors (Lipinski definition) is 5. The van der Waals surface area contributed by atoms with Crippen molar-refractivity contribution in [3.05, 3.63) is 53.7 Å². The third-order valence-electron chi connectivity index (χ3n) is 6.04. The molecule has 2 aromatic rings. The van der Waals surface area contributed by atoms with Crippen molar-refractivity contribution < 1.29 is 31.1 Å². The third kappa shape index (κ3) is 4.84. The number of sulfone groups is 1. The Morgan fingerprint density at radius 3 is 2.26 bits per heavy atom. The molecule has 1 fully saturated rings. The molecule has 1 aliphatic heterocycles. The van der Waals surface area contributed by atoms with Gasteiger partial charge >= 0.3 is 6.18 Å².